The molecule has 1 spiro atoms. The Hall–Kier alpha value is -0.870. The Labute approximate surface area is 126 Å². The molecule has 3 aliphatic carbocycles. The van der Waals surface area contributed by atoms with Gasteiger partial charge in [-0.15, -0.1) is 0 Å². The fraction of sp³-hybridized carbons (Fsp3) is 0.824. The Morgan fingerprint density at radius 3 is 2.52 bits per heavy atom. The van der Waals surface area contributed by atoms with Crippen molar-refractivity contribution < 1.29 is 19.7 Å². The lowest BCUT2D eigenvalue weighted by Gasteiger charge is -2.53. The van der Waals surface area contributed by atoms with E-state index in [0.717, 1.165) is 11.1 Å². The van der Waals surface area contributed by atoms with Crippen LogP contribution < -0.4 is 0 Å². The van der Waals surface area contributed by atoms with Crippen LogP contribution in [0.5, 0.6) is 0 Å². The highest BCUT2D eigenvalue weighted by Gasteiger charge is 2.71. The van der Waals surface area contributed by atoms with Crippen LogP contribution in [0.4, 0.5) is 0 Å². The molecular formula is C17H26O4. The predicted molar refractivity (Wildman–Crippen MR) is 78.4 cm³/mol. The standard InChI is InChI=1S/C17H26O4/c1-8-12(19)7-17-9(2)13(21-10(3)18)6-11(16(17,4)5)15(20)14(8)17/h9,11-13,15,19-20H,6-7H2,1-5H3/t9-,11-,12+,13+,15+,17+/m1/s1. The van der Waals surface area contributed by atoms with Gasteiger partial charge >= 0.3 is 5.97 Å². The molecule has 4 heteroatoms. The van der Waals surface area contributed by atoms with Crippen LogP contribution in [0.3, 0.4) is 0 Å². The first-order valence-electron chi connectivity index (χ1n) is 7.89. The Bertz CT molecular complexity index is 521. The molecule has 0 heterocycles. The molecule has 21 heavy (non-hydrogen) atoms. The van der Waals surface area contributed by atoms with Crippen molar-refractivity contribution in [3.63, 3.8) is 0 Å². The van der Waals surface area contributed by atoms with E-state index in [2.05, 4.69) is 20.8 Å². The molecule has 3 aliphatic rings. The van der Waals surface area contributed by atoms with Gasteiger partial charge in [0.15, 0.2) is 0 Å². The van der Waals surface area contributed by atoms with E-state index in [1.807, 2.05) is 6.92 Å². The largest absolute Gasteiger partial charge is 0.462 e. The van der Waals surface area contributed by atoms with Crippen LogP contribution in [0.15, 0.2) is 11.1 Å². The lowest BCUT2D eigenvalue weighted by molar-refractivity contribution is -0.165. The highest BCUT2D eigenvalue weighted by molar-refractivity contribution is 5.66. The number of hydrogen-bond donors (Lipinski definition) is 2. The number of fused-ring (bicyclic) bond motifs is 1. The van der Waals surface area contributed by atoms with Crippen LogP contribution in [-0.4, -0.2) is 34.5 Å². The van der Waals surface area contributed by atoms with Crippen molar-refractivity contribution in [1.82, 2.24) is 0 Å². The molecule has 2 saturated carbocycles. The summed E-state index contributed by atoms with van der Waals surface area (Å²) in [6.07, 6.45) is 0.135. The SMILES string of the molecule is CC(=O)O[C@H]1C[C@@H]2[C@H](O)C3=C(C)[C@@H](O)C[C@@]3([C@@H]1C)C2(C)C. The van der Waals surface area contributed by atoms with Gasteiger partial charge in [0.05, 0.1) is 12.2 Å². The molecule has 118 valence electrons. The van der Waals surface area contributed by atoms with Crippen LogP contribution >= 0.6 is 0 Å². The number of aliphatic hydroxyl groups is 2. The molecular weight excluding hydrogens is 268 g/mol. The van der Waals surface area contributed by atoms with Crippen molar-refractivity contribution in [2.45, 2.75) is 65.8 Å². The van der Waals surface area contributed by atoms with E-state index in [-0.39, 0.29) is 34.7 Å². The molecule has 2 fully saturated rings. The van der Waals surface area contributed by atoms with Crippen molar-refractivity contribution in [2.24, 2.45) is 22.7 Å². The van der Waals surface area contributed by atoms with Gasteiger partial charge in [-0.05, 0) is 42.2 Å². The molecule has 0 saturated heterocycles. The lowest BCUT2D eigenvalue weighted by Crippen LogP contribution is -2.52. The van der Waals surface area contributed by atoms with Crippen molar-refractivity contribution in [3.8, 4) is 0 Å². The zero-order valence-electron chi connectivity index (χ0n) is 13.5. The third-order valence-corrected chi connectivity index (χ3v) is 6.81. The monoisotopic (exact) mass is 294 g/mol. The second kappa shape index (κ2) is 4.32. The maximum Gasteiger partial charge on any atom is 0.302 e. The summed E-state index contributed by atoms with van der Waals surface area (Å²) in [5.41, 5.74) is 1.58. The Kier molecular flexibility index (Phi) is 3.10. The summed E-state index contributed by atoms with van der Waals surface area (Å²) < 4.78 is 5.55. The summed E-state index contributed by atoms with van der Waals surface area (Å²) >= 11 is 0. The van der Waals surface area contributed by atoms with Gasteiger partial charge in [0, 0.05) is 18.3 Å². The Morgan fingerprint density at radius 2 is 1.95 bits per heavy atom. The molecule has 0 aliphatic heterocycles. The lowest BCUT2D eigenvalue weighted by atomic mass is 9.52. The van der Waals surface area contributed by atoms with Crippen LogP contribution in [-0.2, 0) is 9.53 Å². The van der Waals surface area contributed by atoms with Gasteiger partial charge < -0.3 is 14.9 Å². The molecule has 0 aromatic heterocycles. The third-order valence-electron chi connectivity index (χ3n) is 6.81. The summed E-state index contributed by atoms with van der Waals surface area (Å²) in [4.78, 5) is 11.4. The normalized spacial score (nSPS) is 47.5. The summed E-state index contributed by atoms with van der Waals surface area (Å²) in [5, 5.41) is 21.2. The molecule has 0 amide bonds. The number of carbonyl (C=O) groups is 1. The molecule has 4 nitrogen and oxygen atoms in total. The second-order valence-corrected chi connectivity index (χ2v) is 7.73. The Balaban J connectivity index is 2.14. The van der Waals surface area contributed by atoms with Crippen LogP contribution in [0, 0.1) is 22.7 Å². The highest BCUT2D eigenvalue weighted by Crippen LogP contribution is 2.72. The van der Waals surface area contributed by atoms with E-state index in [0.29, 0.717) is 12.8 Å². The number of esters is 1. The smallest absolute Gasteiger partial charge is 0.302 e. The summed E-state index contributed by atoms with van der Waals surface area (Å²) in [7, 11) is 0. The second-order valence-electron chi connectivity index (χ2n) is 7.73. The quantitative estimate of drug-likeness (QED) is 0.574. The molecule has 0 unspecified atom stereocenters. The molecule has 3 rings (SSSR count). The molecule has 0 radical (unpaired) electrons. The van der Waals surface area contributed by atoms with Crippen LogP contribution in [0.25, 0.3) is 0 Å². The topological polar surface area (TPSA) is 66.8 Å². The van der Waals surface area contributed by atoms with E-state index >= 15 is 0 Å². The predicted octanol–water partition coefficient (Wildman–Crippen LogP) is 2.04. The summed E-state index contributed by atoms with van der Waals surface area (Å²) in [6.45, 7) is 9.87. The highest BCUT2D eigenvalue weighted by atomic mass is 16.5. The third kappa shape index (κ3) is 1.61. The van der Waals surface area contributed by atoms with E-state index in [1.165, 1.54) is 6.92 Å². The van der Waals surface area contributed by atoms with Gasteiger partial charge in [0.25, 0.3) is 0 Å². The van der Waals surface area contributed by atoms with Crippen LogP contribution in [0.2, 0.25) is 0 Å². The first-order chi connectivity index (χ1) is 9.64. The fourth-order valence-corrected chi connectivity index (χ4v) is 5.71. The van der Waals surface area contributed by atoms with E-state index in [4.69, 9.17) is 4.74 Å². The van der Waals surface area contributed by atoms with Gasteiger partial charge in [-0.3, -0.25) is 4.79 Å². The molecule has 0 aromatic rings. The van der Waals surface area contributed by atoms with E-state index < -0.39 is 12.2 Å². The van der Waals surface area contributed by atoms with Crippen LogP contribution in [0.1, 0.15) is 47.5 Å². The number of carbonyl (C=O) groups excluding carboxylic acids is 1. The number of ether oxygens (including phenoxy) is 1. The zero-order chi connectivity index (χ0) is 15.7. The van der Waals surface area contributed by atoms with Gasteiger partial charge in [-0.1, -0.05) is 20.8 Å². The molecule has 0 aromatic carbocycles. The van der Waals surface area contributed by atoms with Crippen molar-refractivity contribution in [2.75, 3.05) is 0 Å². The number of rotatable bonds is 1. The van der Waals surface area contributed by atoms with Gasteiger partial charge in [-0.2, -0.15) is 0 Å². The zero-order valence-corrected chi connectivity index (χ0v) is 13.5. The van der Waals surface area contributed by atoms with Gasteiger partial charge in [0.2, 0.25) is 0 Å². The maximum absolute atomic E-state index is 11.4. The van der Waals surface area contributed by atoms with Crippen molar-refractivity contribution in [3.05, 3.63) is 11.1 Å². The van der Waals surface area contributed by atoms with E-state index in [9.17, 15) is 15.0 Å². The maximum atomic E-state index is 11.4. The number of aliphatic hydroxyl groups excluding tert-OH is 2. The van der Waals surface area contributed by atoms with Crippen molar-refractivity contribution >= 4 is 5.97 Å². The minimum absolute atomic E-state index is 0.0792. The van der Waals surface area contributed by atoms with Gasteiger partial charge in [-0.25, -0.2) is 0 Å². The summed E-state index contributed by atoms with van der Waals surface area (Å²) in [6, 6.07) is 0. The Morgan fingerprint density at radius 1 is 1.33 bits per heavy atom. The molecule has 6 atom stereocenters. The van der Waals surface area contributed by atoms with Crippen molar-refractivity contribution in [1.29, 1.82) is 0 Å². The molecule has 2 bridgehead atoms. The average molecular weight is 294 g/mol. The molecule has 2 N–H and O–H groups in total. The first kappa shape index (κ1) is 15.0. The first-order valence-corrected chi connectivity index (χ1v) is 7.89. The minimum atomic E-state index is -0.528. The fourth-order valence-electron chi connectivity index (χ4n) is 5.71. The minimum Gasteiger partial charge on any atom is -0.462 e. The number of hydrogen-bond acceptors (Lipinski definition) is 4. The summed E-state index contributed by atoms with van der Waals surface area (Å²) in [5.74, 6) is -0.0833. The van der Waals surface area contributed by atoms with Gasteiger partial charge in [0.1, 0.15) is 6.10 Å². The van der Waals surface area contributed by atoms with E-state index in [1.54, 1.807) is 0 Å². The average Bonchev–Trinajstić information content (AvgIpc) is 2.68.